The van der Waals surface area contributed by atoms with Crippen LogP contribution in [0, 0.1) is 10.1 Å². The van der Waals surface area contributed by atoms with Crippen molar-refractivity contribution >= 4 is 40.0 Å². The van der Waals surface area contributed by atoms with Crippen molar-refractivity contribution in [1.82, 2.24) is 9.88 Å². The van der Waals surface area contributed by atoms with Crippen LogP contribution in [0.3, 0.4) is 0 Å². The lowest BCUT2D eigenvalue weighted by Gasteiger charge is -2.25. The fraction of sp³-hybridized carbons (Fsp3) is 0.286. The highest BCUT2D eigenvalue weighted by atomic mass is 32.1. The number of anilines is 1. The van der Waals surface area contributed by atoms with E-state index in [9.17, 15) is 19.7 Å². The van der Waals surface area contributed by atoms with Crippen LogP contribution in [0.25, 0.3) is 6.08 Å². The highest BCUT2D eigenvalue weighted by Crippen LogP contribution is 2.27. The Hall–Kier alpha value is -3.33. The minimum Gasteiger partial charge on any atom is -0.335 e. The second kappa shape index (κ2) is 8.58. The van der Waals surface area contributed by atoms with Crippen LogP contribution in [0.5, 0.6) is 0 Å². The molecule has 2 aliphatic heterocycles. The Morgan fingerprint density at radius 1 is 1.33 bits per heavy atom. The lowest BCUT2D eigenvalue weighted by atomic mass is 10.0. The number of hydrogen-bond donors (Lipinski definition) is 1. The minimum atomic E-state index is -0.371. The largest absolute Gasteiger partial charge is 0.335 e. The first-order chi connectivity index (χ1) is 14.5. The summed E-state index contributed by atoms with van der Waals surface area (Å²) in [4.78, 5) is 41.3. The standard InChI is InChI=1S/C21H20N4O4S/c26-18-4-2-16-11-15(13-22-21(16)23-18)1-5-19(27)24-9-7-14(8-10-24)12-17-3-6-20(30-17)25(28)29/h1,3,5-7,11,13H,2,4,8-10,12H2,(H,22,23,26)/b5-1+. The summed E-state index contributed by atoms with van der Waals surface area (Å²) in [6.45, 7) is 1.15. The number of fused-ring (bicyclic) bond motifs is 1. The summed E-state index contributed by atoms with van der Waals surface area (Å²) in [5, 5.41) is 13.7. The molecule has 0 saturated carbocycles. The van der Waals surface area contributed by atoms with E-state index in [0.29, 0.717) is 38.2 Å². The fourth-order valence-corrected chi connectivity index (χ4v) is 4.37. The number of rotatable bonds is 5. The van der Waals surface area contributed by atoms with Crippen LogP contribution in [0.4, 0.5) is 10.8 Å². The molecule has 0 radical (unpaired) electrons. The lowest BCUT2D eigenvalue weighted by molar-refractivity contribution is -0.380. The average Bonchev–Trinajstić information content (AvgIpc) is 3.21. The van der Waals surface area contributed by atoms with Gasteiger partial charge in [-0.1, -0.05) is 23.0 Å². The molecule has 8 nitrogen and oxygen atoms in total. The van der Waals surface area contributed by atoms with E-state index in [2.05, 4.69) is 10.3 Å². The molecule has 2 aromatic heterocycles. The van der Waals surface area contributed by atoms with Crippen molar-refractivity contribution in [3.8, 4) is 0 Å². The lowest BCUT2D eigenvalue weighted by Crippen LogP contribution is -2.33. The summed E-state index contributed by atoms with van der Waals surface area (Å²) >= 11 is 1.20. The molecule has 2 aromatic rings. The molecule has 0 spiro atoms. The number of nitro groups is 1. The van der Waals surface area contributed by atoms with Crippen molar-refractivity contribution in [2.24, 2.45) is 0 Å². The molecule has 30 heavy (non-hydrogen) atoms. The molecule has 2 amide bonds. The average molecular weight is 424 g/mol. The predicted molar refractivity (Wildman–Crippen MR) is 114 cm³/mol. The second-order valence-corrected chi connectivity index (χ2v) is 8.38. The molecule has 1 N–H and O–H groups in total. The van der Waals surface area contributed by atoms with Gasteiger partial charge in [-0.25, -0.2) is 4.98 Å². The Morgan fingerprint density at radius 3 is 2.93 bits per heavy atom. The van der Waals surface area contributed by atoms with Crippen molar-refractivity contribution in [3.05, 3.63) is 68.2 Å². The van der Waals surface area contributed by atoms with Gasteiger partial charge in [-0.2, -0.15) is 0 Å². The SMILES string of the molecule is O=C1CCc2cc(/C=C/C(=O)N3CC=C(Cc4ccc([N+](=O)[O-])s4)CC3)cnc2N1. The Balaban J connectivity index is 1.33. The van der Waals surface area contributed by atoms with Crippen molar-refractivity contribution < 1.29 is 14.5 Å². The van der Waals surface area contributed by atoms with Crippen LogP contribution in [0.15, 0.2) is 42.1 Å². The molecule has 0 bridgehead atoms. The van der Waals surface area contributed by atoms with E-state index < -0.39 is 0 Å². The summed E-state index contributed by atoms with van der Waals surface area (Å²) < 4.78 is 0. The van der Waals surface area contributed by atoms with Gasteiger partial charge in [-0.15, -0.1) is 0 Å². The maximum Gasteiger partial charge on any atom is 0.324 e. The number of carbonyl (C=O) groups excluding carboxylic acids is 2. The number of thiophene rings is 1. The monoisotopic (exact) mass is 424 g/mol. The van der Waals surface area contributed by atoms with Gasteiger partial charge in [0.05, 0.1) is 4.92 Å². The maximum atomic E-state index is 12.5. The third-order valence-electron chi connectivity index (χ3n) is 5.13. The van der Waals surface area contributed by atoms with E-state index in [4.69, 9.17) is 0 Å². The topological polar surface area (TPSA) is 105 Å². The van der Waals surface area contributed by atoms with Gasteiger partial charge >= 0.3 is 5.00 Å². The zero-order chi connectivity index (χ0) is 21.1. The number of aromatic nitrogens is 1. The third-order valence-corrected chi connectivity index (χ3v) is 6.17. The van der Waals surface area contributed by atoms with E-state index in [-0.39, 0.29) is 21.7 Å². The first-order valence-electron chi connectivity index (χ1n) is 9.65. The number of aryl methyl sites for hydroxylation is 1. The number of nitrogens with one attached hydrogen (secondary N) is 1. The number of carbonyl (C=O) groups is 2. The van der Waals surface area contributed by atoms with Crippen LogP contribution in [-0.4, -0.2) is 39.7 Å². The Morgan fingerprint density at radius 2 is 2.20 bits per heavy atom. The third kappa shape index (κ3) is 4.62. The quantitative estimate of drug-likeness (QED) is 0.343. The number of amides is 2. The van der Waals surface area contributed by atoms with Crippen LogP contribution < -0.4 is 5.32 Å². The first kappa shape index (κ1) is 20.0. The molecule has 2 aliphatic rings. The van der Waals surface area contributed by atoms with Crippen molar-refractivity contribution in [2.45, 2.75) is 25.7 Å². The van der Waals surface area contributed by atoms with Gasteiger partial charge in [-0.3, -0.25) is 19.7 Å². The first-order valence-corrected chi connectivity index (χ1v) is 10.5. The zero-order valence-corrected chi connectivity index (χ0v) is 17.0. The van der Waals surface area contributed by atoms with Crippen molar-refractivity contribution in [3.63, 3.8) is 0 Å². The summed E-state index contributed by atoms with van der Waals surface area (Å²) in [7, 11) is 0. The molecule has 0 aliphatic carbocycles. The molecule has 0 unspecified atom stereocenters. The summed E-state index contributed by atoms with van der Waals surface area (Å²) in [6, 6.07) is 5.27. The van der Waals surface area contributed by atoms with E-state index in [0.717, 1.165) is 22.4 Å². The molecule has 9 heteroatoms. The molecule has 0 saturated heterocycles. The number of nitrogens with zero attached hydrogens (tertiary/aromatic N) is 3. The van der Waals surface area contributed by atoms with Gasteiger partial charge in [0.25, 0.3) is 0 Å². The van der Waals surface area contributed by atoms with Crippen molar-refractivity contribution in [2.75, 3.05) is 18.4 Å². The fourth-order valence-electron chi connectivity index (χ4n) is 3.49. The van der Waals surface area contributed by atoms with E-state index >= 15 is 0 Å². The van der Waals surface area contributed by atoms with Gasteiger partial charge in [0, 0.05) is 49.1 Å². The Bertz CT molecular complexity index is 1070. The maximum absolute atomic E-state index is 12.5. The van der Waals surface area contributed by atoms with Crippen LogP contribution in [0.1, 0.15) is 28.8 Å². The van der Waals surface area contributed by atoms with Gasteiger partial charge < -0.3 is 10.2 Å². The summed E-state index contributed by atoms with van der Waals surface area (Å²) in [6.07, 6.45) is 9.51. The summed E-state index contributed by atoms with van der Waals surface area (Å²) in [5.74, 6) is 0.505. The normalized spacial score (nSPS) is 16.2. The van der Waals surface area contributed by atoms with Crippen LogP contribution >= 0.6 is 11.3 Å². The van der Waals surface area contributed by atoms with Gasteiger partial charge in [0.2, 0.25) is 11.8 Å². The predicted octanol–water partition coefficient (Wildman–Crippen LogP) is 3.35. The van der Waals surface area contributed by atoms with Crippen LogP contribution in [-0.2, 0) is 22.4 Å². The molecule has 4 heterocycles. The molecular formula is C21H20N4O4S. The smallest absolute Gasteiger partial charge is 0.324 e. The van der Waals surface area contributed by atoms with Gasteiger partial charge in [0.1, 0.15) is 5.82 Å². The molecular weight excluding hydrogens is 404 g/mol. The van der Waals surface area contributed by atoms with E-state index in [1.54, 1.807) is 29.3 Å². The van der Waals surface area contributed by atoms with Gasteiger partial charge in [0.15, 0.2) is 0 Å². The minimum absolute atomic E-state index is 0.0247. The zero-order valence-electron chi connectivity index (χ0n) is 16.2. The van der Waals surface area contributed by atoms with E-state index in [1.165, 1.54) is 23.0 Å². The molecule has 154 valence electrons. The Kier molecular flexibility index (Phi) is 5.71. The highest BCUT2D eigenvalue weighted by molar-refractivity contribution is 7.15. The Labute approximate surface area is 177 Å². The molecule has 0 aromatic carbocycles. The van der Waals surface area contributed by atoms with Crippen LogP contribution in [0.2, 0.25) is 0 Å². The number of hydrogen-bond acceptors (Lipinski definition) is 6. The summed E-state index contributed by atoms with van der Waals surface area (Å²) in [5.41, 5.74) is 3.00. The number of pyridine rings is 1. The van der Waals surface area contributed by atoms with Crippen molar-refractivity contribution in [1.29, 1.82) is 0 Å². The second-order valence-electron chi connectivity index (χ2n) is 7.23. The molecule has 4 rings (SSSR count). The highest BCUT2D eigenvalue weighted by Gasteiger charge is 2.18. The molecule has 0 fully saturated rings. The van der Waals surface area contributed by atoms with Gasteiger partial charge in [-0.05, 0) is 42.2 Å². The molecule has 0 atom stereocenters. The van der Waals surface area contributed by atoms with E-state index in [1.807, 2.05) is 12.1 Å².